The Hall–Kier alpha value is -3.43. The molecule has 0 aliphatic carbocycles. The van der Waals surface area contributed by atoms with Crippen LogP contribution in [0.25, 0.3) is 11.1 Å². The lowest BCUT2D eigenvalue weighted by molar-refractivity contribution is -0.142. The van der Waals surface area contributed by atoms with Gasteiger partial charge in [-0.25, -0.2) is 13.6 Å². The van der Waals surface area contributed by atoms with Gasteiger partial charge < -0.3 is 14.8 Å². The van der Waals surface area contributed by atoms with Gasteiger partial charge in [0, 0.05) is 36.3 Å². The normalized spacial score (nSPS) is 15.9. The first-order valence-electron chi connectivity index (χ1n) is 13.7. The quantitative estimate of drug-likeness (QED) is 0.264. The molecule has 0 aromatic heterocycles. The van der Waals surface area contributed by atoms with Crippen LogP contribution < -0.4 is 10.1 Å². The highest BCUT2D eigenvalue weighted by atomic mass is 32.2. The molecule has 1 amide bonds. The molecule has 0 spiro atoms. The molecular weight excluding hydrogens is 546 g/mol. The Morgan fingerprint density at radius 1 is 1.07 bits per heavy atom. The molecule has 0 saturated carbocycles. The fraction of sp³-hybridized carbons (Fsp3) is 0.375. The summed E-state index contributed by atoms with van der Waals surface area (Å²) in [5.41, 5.74) is 4.26. The first-order chi connectivity index (χ1) is 19.8. The number of esters is 1. The van der Waals surface area contributed by atoms with E-state index in [4.69, 9.17) is 9.47 Å². The fourth-order valence-electron chi connectivity index (χ4n) is 5.18. The Labute approximate surface area is 244 Å². The average Bonchev–Trinajstić information content (AvgIpc) is 3.40. The third-order valence-corrected chi connectivity index (χ3v) is 7.97. The van der Waals surface area contributed by atoms with Crippen molar-refractivity contribution in [3.63, 3.8) is 0 Å². The molecule has 1 aliphatic heterocycles. The Balaban J connectivity index is 1.56. The third kappa shape index (κ3) is 8.07. The molecule has 218 valence electrons. The van der Waals surface area contributed by atoms with Crippen molar-refractivity contribution in [2.75, 3.05) is 32.3 Å². The molecule has 3 aromatic rings. The number of likely N-dealkylation sites (tertiary alicyclic amines) is 1. The first kappa shape index (κ1) is 30.5. The molecule has 1 unspecified atom stereocenters. The van der Waals surface area contributed by atoms with Crippen LogP contribution in [0, 0.1) is 18.6 Å². The molecule has 1 heterocycles. The van der Waals surface area contributed by atoms with E-state index in [-0.39, 0.29) is 17.7 Å². The summed E-state index contributed by atoms with van der Waals surface area (Å²) in [7, 11) is 1.32. The zero-order valence-electron chi connectivity index (χ0n) is 23.6. The molecule has 1 N–H and O–H groups in total. The van der Waals surface area contributed by atoms with E-state index < -0.39 is 23.6 Å². The number of amides is 1. The van der Waals surface area contributed by atoms with Crippen molar-refractivity contribution in [1.82, 2.24) is 10.2 Å². The summed E-state index contributed by atoms with van der Waals surface area (Å²) in [5.74, 6) is -1.25. The average molecular weight is 583 g/mol. The lowest BCUT2D eigenvalue weighted by Crippen LogP contribution is -2.42. The van der Waals surface area contributed by atoms with E-state index in [9.17, 15) is 18.4 Å². The smallest absolute Gasteiger partial charge is 0.328 e. The molecule has 0 radical (unpaired) electrons. The lowest BCUT2D eigenvalue weighted by atomic mass is 9.93. The van der Waals surface area contributed by atoms with Crippen molar-refractivity contribution in [2.45, 2.75) is 44.8 Å². The predicted molar refractivity (Wildman–Crippen MR) is 158 cm³/mol. The van der Waals surface area contributed by atoms with Crippen LogP contribution in [0.2, 0.25) is 0 Å². The number of halogens is 2. The van der Waals surface area contributed by atoms with E-state index in [0.717, 1.165) is 47.7 Å². The summed E-state index contributed by atoms with van der Waals surface area (Å²) in [4.78, 5) is 28.2. The standard InChI is InChI=1S/C32H36F2N2O4S/c1-21-7-4-5-9-27(21)29-15-22(10-11-28(29)31(37)35-30(12-14-41-3)32(38)39-2)19-36-13-6-8-25(36)20-40-26-17-23(33)16-24(34)18-26/h4-5,7,9-11,15-18,25,30H,6,8,12-14,19-20H2,1-3H3,(H,35,37)/t25?,30-/m0/s1. The van der Waals surface area contributed by atoms with E-state index in [0.29, 0.717) is 30.9 Å². The summed E-state index contributed by atoms with van der Waals surface area (Å²) < 4.78 is 37.9. The molecule has 4 rings (SSSR count). The second-order valence-electron chi connectivity index (χ2n) is 10.2. The number of carbonyl (C=O) groups excluding carboxylic acids is 2. The van der Waals surface area contributed by atoms with Gasteiger partial charge in [-0.15, -0.1) is 0 Å². The number of nitrogens with one attached hydrogen (secondary N) is 1. The van der Waals surface area contributed by atoms with Crippen molar-refractivity contribution in [2.24, 2.45) is 0 Å². The maximum absolute atomic E-state index is 13.6. The maximum Gasteiger partial charge on any atom is 0.328 e. The molecule has 2 atom stereocenters. The molecule has 6 nitrogen and oxygen atoms in total. The van der Waals surface area contributed by atoms with Crippen molar-refractivity contribution in [3.8, 4) is 16.9 Å². The third-order valence-electron chi connectivity index (χ3n) is 7.33. The molecule has 9 heteroatoms. The van der Waals surface area contributed by atoms with Gasteiger partial charge in [0.05, 0.1) is 7.11 Å². The minimum absolute atomic E-state index is 0.0865. The molecular formula is C32H36F2N2O4S. The Bertz CT molecular complexity index is 1350. The number of nitrogens with zero attached hydrogens (tertiary/aromatic N) is 1. The molecule has 1 aliphatic rings. The van der Waals surface area contributed by atoms with Gasteiger partial charge in [0.2, 0.25) is 0 Å². The summed E-state index contributed by atoms with van der Waals surface area (Å²) >= 11 is 1.60. The van der Waals surface area contributed by atoms with Crippen LogP contribution in [0.5, 0.6) is 5.75 Å². The van der Waals surface area contributed by atoms with E-state index in [1.54, 1.807) is 11.8 Å². The lowest BCUT2D eigenvalue weighted by Gasteiger charge is -2.25. The minimum atomic E-state index is -0.735. The number of carbonyl (C=O) groups is 2. The van der Waals surface area contributed by atoms with Crippen molar-refractivity contribution < 1.29 is 27.8 Å². The Kier molecular flexibility index (Phi) is 10.8. The van der Waals surface area contributed by atoms with Crippen molar-refractivity contribution >= 4 is 23.6 Å². The van der Waals surface area contributed by atoms with Crippen LogP contribution in [0.4, 0.5) is 8.78 Å². The van der Waals surface area contributed by atoms with Crippen LogP contribution >= 0.6 is 11.8 Å². The highest BCUT2D eigenvalue weighted by Crippen LogP contribution is 2.30. The van der Waals surface area contributed by atoms with Gasteiger partial charge in [0.15, 0.2) is 0 Å². The van der Waals surface area contributed by atoms with Crippen LogP contribution in [0.15, 0.2) is 60.7 Å². The molecule has 1 fully saturated rings. The van der Waals surface area contributed by atoms with Crippen LogP contribution in [0.3, 0.4) is 0 Å². The number of rotatable bonds is 12. The minimum Gasteiger partial charge on any atom is -0.492 e. The largest absolute Gasteiger partial charge is 0.492 e. The van der Waals surface area contributed by atoms with Crippen LogP contribution in [-0.4, -0.2) is 61.1 Å². The summed E-state index contributed by atoms with van der Waals surface area (Å²) in [6.07, 6.45) is 4.32. The van der Waals surface area contributed by atoms with Gasteiger partial charge in [-0.05, 0) is 79.1 Å². The number of hydrogen-bond donors (Lipinski definition) is 1. The SMILES string of the molecule is COC(=O)[C@H](CCSC)NC(=O)c1ccc(CN2CCCC2COc2cc(F)cc(F)c2)cc1-c1ccccc1C. The Morgan fingerprint density at radius 3 is 2.54 bits per heavy atom. The molecule has 1 saturated heterocycles. The van der Waals surface area contributed by atoms with Gasteiger partial charge >= 0.3 is 5.97 Å². The number of benzene rings is 3. The molecule has 0 bridgehead atoms. The van der Waals surface area contributed by atoms with Crippen LogP contribution in [-0.2, 0) is 16.1 Å². The predicted octanol–water partition coefficient (Wildman–Crippen LogP) is 6.01. The van der Waals surface area contributed by atoms with E-state index >= 15 is 0 Å². The number of thioether (sulfide) groups is 1. The van der Waals surface area contributed by atoms with E-state index in [2.05, 4.69) is 10.2 Å². The first-order valence-corrected chi connectivity index (χ1v) is 15.1. The zero-order valence-corrected chi connectivity index (χ0v) is 24.4. The van der Waals surface area contributed by atoms with Gasteiger partial charge in [-0.3, -0.25) is 9.69 Å². The highest BCUT2D eigenvalue weighted by Gasteiger charge is 2.27. The van der Waals surface area contributed by atoms with E-state index in [1.165, 1.54) is 19.2 Å². The van der Waals surface area contributed by atoms with Crippen molar-refractivity contribution in [3.05, 3.63) is 89.0 Å². The number of hydrogen-bond acceptors (Lipinski definition) is 6. The number of methoxy groups -OCH3 is 1. The monoisotopic (exact) mass is 582 g/mol. The second kappa shape index (κ2) is 14.5. The van der Waals surface area contributed by atoms with Gasteiger partial charge in [0.1, 0.15) is 30.0 Å². The van der Waals surface area contributed by atoms with Gasteiger partial charge in [-0.1, -0.05) is 30.3 Å². The van der Waals surface area contributed by atoms with Crippen LogP contribution in [0.1, 0.15) is 40.7 Å². The summed E-state index contributed by atoms with van der Waals surface area (Å²) in [6, 6.07) is 16.2. The second-order valence-corrected chi connectivity index (χ2v) is 11.2. The highest BCUT2D eigenvalue weighted by molar-refractivity contribution is 7.98. The topological polar surface area (TPSA) is 67.9 Å². The molecule has 3 aromatic carbocycles. The summed E-state index contributed by atoms with van der Waals surface area (Å²) in [5, 5.41) is 2.88. The number of aryl methyl sites for hydroxylation is 1. The van der Waals surface area contributed by atoms with Crippen molar-refractivity contribution in [1.29, 1.82) is 0 Å². The Morgan fingerprint density at radius 2 is 1.83 bits per heavy atom. The maximum atomic E-state index is 13.6. The number of ether oxygens (including phenoxy) is 2. The fourth-order valence-corrected chi connectivity index (χ4v) is 5.65. The van der Waals surface area contributed by atoms with Gasteiger partial charge in [0.25, 0.3) is 5.91 Å². The van der Waals surface area contributed by atoms with Gasteiger partial charge in [-0.2, -0.15) is 11.8 Å². The van der Waals surface area contributed by atoms with E-state index in [1.807, 2.05) is 55.6 Å². The zero-order chi connectivity index (χ0) is 29.4. The molecule has 41 heavy (non-hydrogen) atoms. The summed E-state index contributed by atoms with van der Waals surface area (Å²) in [6.45, 7) is 3.82.